The van der Waals surface area contributed by atoms with Crippen LogP contribution >= 0.6 is 15.9 Å². The first-order valence-corrected chi connectivity index (χ1v) is 6.64. The van der Waals surface area contributed by atoms with Crippen LogP contribution in [-0.4, -0.2) is 11.0 Å². The van der Waals surface area contributed by atoms with E-state index in [1.54, 1.807) is 24.3 Å². The molecule has 0 heterocycles. The van der Waals surface area contributed by atoms with Gasteiger partial charge in [0.05, 0.1) is 0 Å². The van der Waals surface area contributed by atoms with Crippen LogP contribution in [0.2, 0.25) is 0 Å². The van der Waals surface area contributed by atoms with Crippen molar-refractivity contribution in [1.82, 2.24) is 0 Å². The van der Waals surface area contributed by atoms with Gasteiger partial charge in [0, 0.05) is 10.0 Å². The molecule has 2 aromatic rings. The van der Waals surface area contributed by atoms with Crippen LogP contribution in [0.5, 0.6) is 5.75 Å². The van der Waals surface area contributed by atoms with E-state index in [-0.39, 0.29) is 18.2 Å². The minimum atomic E-state index is -1.05. The van der Waals surface area contributed by atoms with Crippen LogP contribution in [0.15, 0.2) is 46.0 Å². The number of nitrogens with zero attached hydrogens (tertiary/aromatic N) is 1. The van der Waals surface area contributed by atoms with E-state index in [0.717, 1.165) is 6.07 Å². The summed E-state index contributed by atoms with van der Waals surface area (Å²) < 4.78 is 32.4. The summed E-state index contributed by atoms with van der Waals surface area (Å²) in [5, 5.41) is 11.5. The van der Waals surface area contributed by atoms with Gasteiger partial charge in [0.25, 0.3) is 0 Å². The van der Waals surface area contributed by atoms with Crippen molar-refractivity contribution in [3.05, 3.63) is 63.6 Å². The summed E-state index contributed by atoms with van der Waals surface area (Å²) in [5.74, 6) is -2.29. The third-order valence-electron chi connectivity index (χ3n) is 2.68. The van der Waals surface area contributed by atoms with Gasteiger partial charge in [-0.25, -0.2) is 4.39 Å². The summed E-state index contributed by atoms with van der Waals surface area (Å²) in [6.45, 7) is 0.0133. The Labute approximate surface area is 128 Å². The number of halogens is 3. The molecule has 0 bridgehead atoms. The molecular weight excluding hydrogens is 346 g/mol. The maximum Gasteiger partial charge on any atom is 0.200 e. The largest absolute Gasteiger partial charge is 0.486 e. The smallest absolute Gasteiger partial charge is 0.200 e. The molecule has 0 aliphatic heterocycles. The highest BCUT2D eigenvalue weighted by molar-refractivity contribution is 9.10. The molecule has 4 nitrogen and oxygen atoms in total. The predicted molar refractivity (Wildman–Crippen MR) is 77.3 cm³/mol. The van der Waals surface area contributed by atoms with Crippen molar-refractivity contribution in [2.24, 2.45) is 10.9 Å². The summed E-state index contributed by atoms with van der Waals surface area (Å²) >= 11 is 3.07. The first-order chi connectivity index (χ1) is 10.0. The van der Waals surface area contributed by atoms with Gasteiger partial charge < -0.3 is 15.7 Å². The molecule has 21 heavy (non-hydrogen) atoms. The third kappa shape index (κ3) is 3.69. The van der Waals surface area contributed by atoms with E-state index >= 15 is 0 Å². The Morgan fingerprint density at radius 3 is 2.76 bits per heavy atom. The molecular formula is C14H11BrF2N2O2. The van der Waals surface area contributed by atoms with Gasteiger partial charge in [-0.3, -0.25) is 0 Å². The van der Waals surface area contributed by atoms with E-state index in [1.807, 2.05) is 0 Å². The van der Waals surface area contributed by atoms with E-state index in [4.69, 9.17) is 15.7 Å². The molecule has 0 fully saturated rings. The average molecular weight is 357 g/mol. The first kappa shape index (κ1) is 15.2. The minimum absolute atomic E-state index is 0.0133. The molecule has 0 aromatic heterocycles. The molecule has 7 heteroatoms. The second kappa shape index (κ2) is 6.53. The van der Waals surface area contributed by atoms with Crippen molar-refractivity contribution in [2.75, 3.05) is 0 Å². The third-order valence-corrected chi connectivity index (χ3v) is 3.14. The molecule has 110 valence electrons. The second-order valence-corrected chi connectivity index (χ2v) is 5.09. The Hall–Kier alpha value is -2.15. The number of benzene rings is 2. The van der Waals surface area contributed by atoms with E-state index in [2.05, 4.69) is 21.1 Å². The fraction of sp³-hybridized carbons (Fsp3) is 0.0714. The van der Waals surface area contributed by atoms with Gasteiger partial charge in [-0.2, -0.15) is 4.39 Å². The molecule has 0 aliphatic rings. The van der Waals surface area contributed by atoms with Gasteiger partial charge in [-0.1, -0.05) is 39.3 Å². The highest BCUT2D eigenvalue weighted by Gasteiger charge is 2.11. The van der Waals surface area contributed by atoms with Gasteiger partial charge in [-0.15, -0.1) is 0 Å². The lowest BCUT2D eigenvalue weighted by atomic mass is 10.1. The highest BCUT2D eigenvalue weighted by atomic mass is 79.9. The molecule has 0 unspecified atom stereocenters. The molecule has 2 rings (SSSR count). The van der Waals surface area contributed by atoms with Crippen molar-refractivity contribution < 1.29 is 18.7 Å². The summed E-state index contributed by atoms with van der Waals surface area (Å²) in [6, 6.07) is 9.04. The Kier molecular flexibility index (Phi) is 4.74. The molecule has 0 radical (unpaired) electrons. The van der Waals surface area contributed by atoms with Crippen LogP contribution in [-0.2, 0) is 6.61 Å². The Morgan fingerprint density at radius 1 is 1.29 bits per heavy atom. The number of nitrogens with two attached hydrogens (primary N) is 1. The first-order valence-electron chi connectivity index (χ1n) is 5.85. The molecule has 0 saturated heterocycles. The zero-order valence-electron chi connectivity index (χ0n) is 10.7. The number of oxime groups is 1. The second-order valence-electron chi connectivity index (χ2n) is 4.17. The Balaban J connectivity index is 2.17. The lowest BCUT2D eigenvalue weighted by Gasteiger charge is -2.09. The highest BCUT2D eigenvalue weighted by Crippen LogP contribution is 2.26. The van der Waals surface area contributed by atoms with Crippen LogP contribution < -0.4 is 10.5 Å². The maximum absolute atomic E-state index is 13.6. The number of hydrogen-bond donors (Lipinski definition) is 2. The van der Waals surface area contributed by atoms with Crippen molar-refractivity contribution in [1.29, 1.82) is 0 Å². The molecule has 2 aromatic carbocycles. The van der Waals surface area contributed by atoms with E-state index < -0.39 is 11.6 Å². The summed E-state index contributed by atoms with van der Waals surface area (Å²) in [6.07, 6.45) is 0. The number of hydrogen-bond acceptors (Lipinski definition) is 3. The number of amidine groups is 1. The molecule has 3 N–H and O–H groups in total. The van der Waals surface area contributed by atoms with E-state index in [9.17, 15) is 8.78 Å². The van der Waals surface area contributed by atoms with Crippen LogP contribution in [0.4, 0.5) is 8.78 Å². The molecule has 0 atom stereocenters. The fourth-order valence-corrected chi connectivity index (χ4v) is 2.09. The standard InChI is InChI=1S/C14H11BrF2N2O2/c15-10-5-11(16)13(17)12(6-10)21-7-8-2-1-3-9(4-8)14(18)19-20/h1-6,20H,7H2,(H2,18,19). The fourth-order valence-electron chi connectivity index (χ4n) is 1.68. The topological polar surface area (TPSA) is 67.8 Å². The zero-order valence-corrected chi connectivity index (χ0v) is 12.3. The monoisotopic (exact) mass is 356 g/mol. The Bertz CT molecular complexity index is 693. The predicted octanol–water partition coefficient (Wildman–Crippen LogP) is 3.40. The van der Waals surface area contributed by atoms with Gasteiger partial charge in [0.15, 0.2) is 17.4 Å². The summed E-state index contributed by atoms with van der Waals surface area (Å²) in [5.41, 5.74) is 6.64. The maximum atomic E-state index is 13.6. The SMILES string of the molecule is N/C(=N/O)c1cccc(COc2cc(Br)cc(F)c2F)c1. The summed E-state index contributed by atoms with van der Waals surface area (Å²) in [7, 11) is 0. The van der Waals surface area contributed by atoms with E-state index in [1.165, 1.54) is 6.07 Å². The van der Waals surface area contributed by atoms with Gasteiger partial charge in [-0.05, 0) is 23.8 Å². The molecule has 0 amide bonds. The van der Waals surface area contributed by atoms with Gasteiger partial charge >= 0.3 is 0 Å². The van der Waals surface area contributed by atoms with Crippen molar-refractivity contribution >= 4 is 21.8 Å². The zero-order chi connectivity index (χ0) is 15.4. The van der Waals surface area contributed by atoms with Crippen molar-refractivity contribution in [3.63, 3.8) is 0 Å². The normalized spacial score (nSPS) is 11.5. The molecule has 0 aliphatic carbocycles. The van der Waals surface area contributed by atoms with Crippen LogP contribution in [0.3, 0.4) is 0 Å². The lowest BCUT2D eigenvalue weighted by molar-refractivity contribution is 0.284. The van der Waals surface area contributed by atoms with E-state index in [0.29, 0.717) is 15.6 Å². The molecule has 0 spiro atoms. The lowest BCUT2D eigenvalue weighted by Crippen LogP contribution is -2.13. The van der Waals surface area contributed by atoms with Crippen LogP contribution in [0.25, 0.3) is 0 Å². The minimum Gasteiger partial charge on any atom is -0.486 e. The Morgan fingerprint density at radius 2 is 2.05 bits per heavy atom. The van der Waals surface area contributed by atoms with Crippen LogP contribution in [0.1, 0.15) is 11.1 Å². The number of ether oxygens (including phenoxy) is 1. The van der Waals surface area contributed by atoms with Crippen molar-refractivity contribution in [2.45, 2.75) is 6.61 Å². The van der Waals surface area contributed by atoms with Gasteiger partial charge in [0.1, 0.15) is 6.61 Å². The van der Waals surface area contributed by atoms with Gasteiger partial charge in [0.2, 0.25) is 5.82 Å². The average Bonchev–Trinajstić information content (AvgIpc) is 2.49. The quantitative estimate of drug-likeness (QED) is 0.290. The van der Waals surface area contributed by atoms with Crippen LogP contribution in [0, 0.1) is 11.6 Å². The number of rotatable bonds is 4. The summed E-state index contributed by atoms with van der Waals surface area (Å²) in [4.78, 5) is 0. The molecule has 0 saturated carbocycles. The van der Waals surface area contributed by atoms with Crippen molar-refractivity contribution in [3.8, 4) is 5.75 Å².